The number of carbonyl (C=O) groups is 1. The number of amides is 1. The predicted molar refractivity (Wildman–Crippen MR) is 90.4 cm³/mol. The minimum absolute atomic E-state index is 0.0934. The molecule has 0 spiro atoms. The molecule has 1 aliphatic carbocycles. The van der Waals surface area contributed by atoms with E-state index < -0.39 is 0 Å². The molecule has 0 radical (unpaired) electrons. The van der Waals surface area contributed by atoms with Crippen molar-refractivity contribution in [1.82, 2.24) is 9.88 Å². The van der Waals surface area contributed by atoms with Crippen molar-refractivity contribution in [2.45, 2.75) is 25.2 Å². The van der Waals surface area contributed by atoms with Gasteiger partial charge in [0.25, 0.3) is 5.91 Å². The fraction of sp³-hybridized carbons (Fsp3) is 0.333. The molecule has 0 unspecified atom stereocenters. The first kappa shape index (κ1) is 15.8. The summed E-state index contributed by atoms with van der Waals surface area (Å²) in [7, 11) is 3.41. The Morgan fingerprint density at radius 1 is 1.26 bits per heavy atom. The summed E-state index contributed by atoms with van der Waals surface area (Å²) in [6.45, 7) is 2.24. The quantitative estimate of drug-likeness (QED) is 0.840. The Kier molecular flexibility index (Phi) is 4.02. The molecule has 23 heavy (non-hydrogen) atoms. The zero-order valence-electron chi connectivity index (χ0n) is 13.5. The van der Waals surface area contributed by atoms with E-state index in [1.807, 2.05) is 12.1 Å². The molecule has 0 bridgehead atoms. The van der Waals surface area contributed by atoms with Crippen LogP contribution >= 0.6 is 11.6 Å². The van der Waals surface area contributed by atoms with Gasteiger partial charge in [-0.05, 0) is 42.0 Å². The molecule has 0 atom stereocenters. The summed E-state index contributed by atoms with van der Waals surface area (Å²) >= 11 is 6.32. The van der Waals surface area contributed by atoms with Gasteiger partial charge in [0.05, 0.1) is 10.6 Å². The van der Waals surface area contributed by atoms with E-state index in [9.17, 15) is 4.79 Å². The Balaban J connectivity index is 1.75. The summed E-state index contributed by atoms with van der Waals surface area (Å²) in [5, 5.41) is 0.575. The van der Waals surface area contributed by atoms with E-state index >= 15 is 0 Å². The van der Waals surface area contributed by atoms with Crippen LogP contribution in [-0.2, 0) is 5.41 Å². The van der Waals surface area contributed by atoms with Gasteiger partial charge in [-0.3, -0.25) is 4.79 Å². The first-order valence-electron chi connectivity index (χ1n) is 7.55. The van der Waals surface area contributed by atoms with Crippen LogP contribution in [0.4, 0.5) is 0 Å². The molecule has 1 heterocycles. The smallest absolute Gasteiger partial charge is 0.254 e. The highest BCUT2D eigenvalue weighted by molar-refractivity contribution is 6.32. The second-order valence-corrected chi connectivity index (χ2v) is 6.80. The molecule has 1 amide bonds. The Labute approximate surface area is 141 Å². The maximum absolute atomic E-state index is 11.8. The SMILES string of the molecule is CN(C)C(=O)c1ccc(Oc2ccc(C3(C)CC3)cc2Cl)nc1. The molecule has 0 saturated heterocycles. The zero-order valence-corrected chi connectivity index (χ0v) is 14.2. The van der Waals surface area contributed by atoms with Crippen molar-refractivity contribution in [3.63, 3.8) is 0 Å². The molecule has 0 N–H and O–H groups in total. The van der Waals surface area contributed by atoms with Crippen LogP contribution in [0, 0.1) is 0 Å². The zero-order chi connectivity index (χ0) is 16.6. The van der Waals surface area contributed by atoms with Crippen molar-refractivity contribution in [2.24, 2.45) is 0 Å². The third-order valence-corrected chi connectivity index (χ3v) is 4.53. The van der Waals surface area contributed by atoms with Gasteiger partial charge in [0, 0.05) is 26.4 Å². The molecular weight excluding hydrogens is 312 g/mol. The van der Waals surface area contributed by atoms with Gasteiger partial charge in [0.1, 0.15) is 5.75 Å². The molecule has 5 heteroatoms. The summed E-state index contributed by atoms with van der Waals surface area (Å²) < 4.78 is 5.72. The van der Waals surface area contributed by atoms with Gasteiger partial charge < -0.3 is 9.64 Å². The lowest BCUT2D eigenvalue weighted by molar-refractivity contribution is 0.0827. The van der Waals surface area contributed by atoms with Crippen LogP contribution in [0.5, 0.6) is 11.6 Å². The number of hydrogen-bond acceptors (Lipinski definition) is 3. The number of aromatic nitrogens is 1. The van der Waals surface area contributed by atoms with Gasteiger partial charge in [-0.1, -0.05) is 24.6 Å². The molecule has 1 fully saturated rings. The summed E-state index contributed by atoms with van der Waals surface area (Å²) in [5.74, 6) is 0.885. The van der Waals surface area contributed by atoms with Crippen molar-refractivity contribution in [3.8, 4) is 11.6 Å². The number of hydrogen-bond donors (Lipinski definition) is 0. The monoisotopic (exact) mass is 330 g/mol. The van der Waals surface area contributed by atoms with Crippen LogP contribution in [-0.4, -0.2) is 29.9 Å². The Hall–Kier alpha value is -2.07. The third kappa shape index (κ3) is 3.32. The Morgan fingerprint density at radius 3 is 2.52 bits per heavy atom. The Bertz CT molecular complexity index is 737. The third-order valence-electron chi connectivity index (χ3n) is 4.23. The summed E-state index contributed by atoms with van der Waals surface area (Å²) in [5.41, 5.74) is 2.04. The van der Waals surface area contributed by atoms with Crippen molar-refractivity contribution < 1.29 is 9.53 Å². The van der Waals surface area contributed by atoms with Crippen molar-refractivity contribution in [3.05, 3.63) is 52.7 Å². The lowest BCUT2D eigenvalue weighted by Crippen LogP contribution is -2.21. The highest BCUT2D eigenvalue weighted by Crippen LogP contribution is 2.48. The van der Waals surface area contributed by atoms with Crippen LogP contribution in [0.25, 0.3) is 0 Å². The molecule has 1 aromatic carbocycles. The highest BCUT2D eigenvalue weighted by Gasteiger charge is 2.39. The fourth-order valence-electron chi connectivity index (χ4n) is 2.37. The normalized spacial score (nSPS) is 15.1. The largest absolute Gasteiger partial charge is 0.437 e. The van der Waals surface area contributed by atoms with Gasteiger partial charge in [0.2, 0.25) is 5.88 Å². The number of rotatable bonds is 4. The second kappa shape index (κ2) is 5.85. The minimum Gasteiger partial charge on any atom is -0.437 e. The number of carbonyl (C=O) groups excluding carboxylic acids is 1. The first-order valence-corrected chi connectivity index (χ1v) is 7.92. The van der Waals surface area contributed by atoms with Crippen LogP contribution in [0.2, 0.25) is 5.02 Å². The number of halogens is 1. The summed E-state index contributed by atoms with van der Waals surface area (Å²) in [4.78, 5) is 17.5. The standard InChI is InChI=1S/C18H19ClN2O2/c1-18(8-9-18)13-5-6-15(14(19)10-13)23-16-7-4-12(11-20-16)17(22)21(2)3/h4-7,10-11H,8-9H2,1-3H3. The Morgan fingerprint density at radius 2 is 2.00 bits per heavy atom. The van der Waals surface area contributed by atoms with E-state index in [2.05, 4.69) is 18.0 Å². The number of nitrogens with zero attached hydrogens (tertiary/aromatic N) is 2. The molecule has 3 rings (SSSR count). The first-order chi connectivity index (χ1) is 10.9. The van der Waals surface area contributed by atoms with Gasteiger partial charge in [-0.2, -0.15) is 0 Å². The van der Waals surface area contributed by atoms with E-state index in [0.29, 0.717) is 22.2 Å². The average molecular weight is 331 g/mol. The van der Waals surface area contributed by atoms with Gasteiger partial charge in [-0.25, -0.2) is 4.98 Å². The van der Waals surface area contributed by atoms with Crippen molar-refractivity contribution in [2.75, 3.05) is 14.1 Å². The molecule has 1 aromatic heterocycles. The van der Waals surface area contributed by atoms with E-state index in [4.69, 9.17) is 16.3 Å². The van der Waals surface area contributed by atoms with E-state index in [1.54, 1.807) is 26.2 Å². The molecule has 4 nitrogen and oxygen atoms in total. The van der Waals surface area contributed by atoms with Gasteiger partial charge >= 0.3 is 0 Å². The lowest BCUT2D eigenvalue weighted by atomic mass is 9.98. The van der Waals surface area contributed by atoms with Crippen LogP contribution < -0.4 is 4.74 Å². The predicted octanol–water partition coefficient (Wildman–Crippen LogP) is 4.28. The summed E-state index contributed by atoms with van der Waals surface area (Å²) in [6, 6.07) is 9.26. The van der Waals surface area contributed by atoms with Gasteiger partial charge in [-0.15, -0.1) is 0 Å². The number of pyridine rings is 1. The fourth-order valence-corrected chi connectivity index (χ4v) is 2.59. The van der Waals surface area contributed by atoms with Crippen LogP contribution in [0.3, 0.4) is 0 Å². The molecule has 120 valence electrons. The van der Waals surface area contributed by atoms with Crippen molar-refractivity contribution in [1.29, 1.82) is 0 Å². The maximum atomic E-state index is 11.8. The molecule has 1 aliphatic rings. The molecule has 0 aliphatic heterocycles. The second-order valence-electron chi connectivity index (χ2n) is 6.39. The maximum Gasteiger partial charge on any atom is 0.254 e. The van der Waals surface area contributed by atoms with Gasteiger partial charge in [0.15, 0.2) is 0 Å². The topological polar surface area (TPSA) is 42.4 Å². The minimum atomic E-state index is -0.0934. The van der Waals surface area contributed by atoms with Crippen LogP contribution in [0.1, 0.15) is 35.7 Å². The summed E-state index contributed by atoms with van der Waals surface area (Å²) in [6.07, 6.45) is 3.91. The van der Waals surface area contributed by atoms with E-state index in [-0.39, 0.29) is 11.3 Å². The number of benzene rings is 1. The molecule has 2 aromatic rings. The lowest BCUT2D eigenvalue weighted by Gasteiger charge is -2.13. The van der Waals surface area contributed by atoms with E-state index in [1.165, 1.54) is 29.5 Å². The highest BCUT2D eigenvalue weighted by atomic mass is 35.5. The molecule has 1 saturated carbocycles. The van der Waals surface area contributed by atoms with E-state index in [0.717, 1.165) is 0 Å². The average Bonchev–Trinajstić information content (AvgIpc) is 3.28. The van der Waals surface area contributed by atoms with Crippen molar-refractivity contribution >= 4 is 17.5 Å². The van der Waals surface area contributed by atoms with Crippen LogP contribution in [0.15, 0.2) is 36.5 Å². The molecular formula is C18H19ClN2O2. The number of ether oxygens (including phenoxy) is 1.